The summed E-state index contributed by atoms with van der Waals surface area (Å²) in [4.78, 5) is 24.6. The molecule has 0 aromatic carbocycles. The van der Waals surface area contributed by atoms with Crippen molar-refractivity contribution in [2.45, 2.75) is 18.6 Å². The van der Waals surface area contributed by atoms with Gasteiger partial charge in [-0.3, -0.25) is 0 Å². The van der Waals surface area contributed by atoms with E-state index in [0.29, 0.717) is 0 Å². The van der Waals surface area contributed by atoms with E-state index in [4.69, 9.17) is 5.11 Å². The topological polar surface area (TPSA) is 60.9 Å². The average Bonchev–Trinajstić information content (AvgIpc) is 2.72. The molecule has 0 bridgehead atoms. The van der Waals surface area contributed by atoms with Gasteiger partial charge in [-0.15, -0.1) is 11.8 Å². The van der Waals surface area contributed by atoms with Crippen molar-refractivity contribution in [1.82, 2.24) is 9.80 Å². The van der Waals surface area contributed by atoms with Gasteiger partial charge in [0.2, 0.25) is 0 Å². The van der Waals surface area contributed by atoms with E-state index in [1.54, 1.807) is 0 Å². The van der Waals surface area contributed by atoms with Gasteiger partial charge in [0.25, 0.3) is 0 Å². The van der Waals surface area contributed by atoms with Crippen LogP contribution in [0.25, 0.3) is 0 Å². The molecular formula is C9H13F3N2O3S. The fourth-order valence-electron chi connectivity index (χ4n) is 1.45. The molecule has 104 valence electrons. The smallest absolute Gasteiger partial charge is 0.390 e. The summed E-state index contributed by atoms with van der Waals surface area (Å²) >= 11 is 1.26. The molecule has 1 saturated heterocycles. The molecule has 1 aliphatic rings. The first kappa shape index (κ1) is 14.9. The van der Waals surface area contributed by atoms with Crippen LogP contribution in [0.4, 0.5) is 18.0 Å². The highest BCUT2D eigenvalue weighted by molar-refractivity contribution is 7.99. The van der Waals surface area contributed by atoms with Crippen LogP contribution in [-0.4, -0.2) is 64.3 Å². The summed E-state index contributed by atoms with van der Waals surface area (Å²) in [6.45, 7) is -0.476. The van der Waals surface area contributed by atoms with Crippen LogP contribution >= 0.6 is 11.8 Å². The minimum atomic E-state index is -4.33. The van der Waals surface area contributed by atoms with Crippen LogP contribution in [0.15, 0.2) is 0 Å². The zero-order chi connectivity index (χ0) is 13.9. The molecule has 0 aliphatic carbocycles. The van der Waals surface area contributed by atoms with E-state index < -0.39 is 37.2 Å². The second kappa shape index (κ2) is 5.68. The molecule has 0 spiro atoms. The number of halogens is 3. The molecule has 1 N–H and O–H groups in total. The summed E-state index contributed by atoms with van der Waals surface area (Å²) in [6.07, 6.45) is -5.44. The van der Waals surface area contributed by atoms with Crippen molar-refractivity contribution < 1.29 is 27.9 Å². The zero-order valence-electron chi connectivity index (χ0n) is 9.61. The lowest BCUT2D eigenvalue weighted by Crippen LogP contribution is -2.48. The Morgan fingerprint density at radius 2 is 2.11 bits per heavy atom. The number of carboxylic acids is 1. The Balaban J connectivity index is 2.55. The molecule has 18 heavy (non-hydrogen) atoms. The first-order chi connectivity index (χ1) is 8.22. The van der Waals surface area contributed by atoms with E-state index >= 15 is 0 Å². The van der Waals surface area contributed by atoms with Gasteiger partial charge in [0.05, 0.1) is 12.3 Å². The highest BCUT2D eigenvalue weighted by Gasteiger charge is 2.37. The van der Waals surface area contributed by atoms with Crippen LogP contribution in [0.3, 0.4) is 0 Å². The second-order valence-corrected chi connectivity index (χ2v) is 4.89. The van der Waals surface area contributed by atoms with E-state index in [1.807, 2.05) is 0 Å². The van der Waals surface area contributed by atoms with E-state index in [0.717, 1.165) is 9.80 Å². The Kier molecular flexibility index (Phi) is 4.71. The van der Waals surface area contributed by atoms with Crippen LogP contribution in [0.1, 0.15) is 6.42 Å². The molecular weight excluding hydrogens is 273 g/mol. The second-order valence-electron chi connectivity index (χ2n) is 3.89. The van der Waals surface area contributed by atoms with Crippen molar-refractivity contribution in [2.24, 2.45) is 0 Å². The van der Waals surface area contributed by atoms with E-state index in [9.17, 15) is 22.8 Å². The van der Waals surface area contributed by atoms with Gasteiger partial charge in [0.15, 0.2) is 0 Å². The number of carbonyl (C=O) groups is 2. The number of carboxylic acid groups (broad SMARTS) is 1. The Labute approximate surface area is 106 Å². The number of urea groups is 1. The third-order valence-electron chi connectivity index (χ3n) is 2.47. The van der Waals surface area contributed by atoms with Crippen molar-refractivity contribution in [2.75, 3.05) is 25.2 Å². The summed E-state index contributed by atoms with van der Waals surface area (Å²) in [6, 6.07) is -1.65. The molecule has 0 saturated carbocycles. The van der Waals surface area contributed by atoms with Crippen molar-refractivity contribution in [1.29, 1.82) is 0 Å². The van der Waals surface area contributed by atoms with E-state index in [1.165, 1.54) is 18.8 Å². The number of hydrogen-bond acceptors (Lipinski definition) is 3. The summed E-state index contributed by atoms with van der Waals surface area (Å²) in [7, 11) is 1.23. The number of thioether (sulfide) groups is 1. The number of carbonyl (C=O) groups excluding carboxylic acids is 1. The van der Waals surface area contributed by atoms with Crippen LogP contribution in [0.5, 0.6) is 0 Å². The predicted molar refractivity (Wildman–Crippen MR) is 59.3 cm³/mol. The van der Waals surface area contributed by atoms with Crippen LogP contribution in [0.2, 0.25) is 0 Å². The lowest BCUT2D eigenvalue weighted by Gasteiger charge is -2.27. The standard InChI is InChI=1S/C9H13F3N2O3S/c1-13(3-2-9(10,11)12)8(17)14-5-18-4-6(14)7(15)16/h6H,2-5H2,1H3,(H,15,16)/t6-/m1/s1. The normalized spacial score (nSPS) is 20.0. The van der Waals surface area contributed by atoms with Gasteiger partial charge in [-0.1, -0.05) is 0 Å². The van der Waals surface area contributed by atoms with Gasteiger partial charge in [0, 0.05) is 19.3 Å². The maximum Gasteiger partial charge on any atom is 0.390 e. The van der Waals surface area contributed by atoms with Crippen LogP contribution in [-0.2, 0) is 4.79 Å². The number of hydrogen-bond donors (Lipinski definition) is 1. The van der Waals surface area contributed by atoms with Gasteiger partial charge in [0.1, 0.15) is 6.04 Å². The molecule has 2 amide bonds. The monoisotopic (exact) mass is 286 g/mol. The van der Waals surface area contributed by atoms with Crippen LogP contribution in [0, 0.1) is 0 Å². The minimum absolute atomic E-state index is 0.187. The van der Waals surface area contributed by atoms with Gasteiger partial charge in [-0.25, -0.2) is 9.59 Å². The molecule has 1 fully saturated rings. The molecule has 1 atom stereocenters. The lowest BCUT2D eigenvalue weighted by molar-refractivity contribution is -0.142. The fourth-order valence-corrected chi connectivity index (χ4v) is 2.58. The number of rotatable bonds is 3. The predicted octanol–water partition coefficient (Wildman–Crippen LogP) is 1.45. The largest absolute Gasteiger partial charge is 0.480 e. The van der Waals surface area contributed by atoms with Crippen molar-refractivity contribution in [3.05, 3.63) is 0 Å². The van der Waals surface area contributed by atoms with Crippen molar-refractivity contribution in [3.8, 4) is 0 Å². The SMILES string of the molecule is CN(CCC(F)(F)F)C(=O)N1CSC[C@@H]1C(=O)O. The van der Waals surface area contributed by atoms with Gasteiger partial charge in [-0.05, 0) is 0 Å². The quantitative estimate of drug-likeness (QED) is 0.853. The van der Waals surface area contributed by atoms with Crippen molar-refractivity contribution >= 4 is 23.8 Å². The average molecular weight is 286 g/mol. The fraction of sp³-hybridized carbons (Fsp3) is 0.778. The molecule has 1 heterocycles. The molecule has 9 heteroatoms. The Morgan fingerprint density at radius 3 is 2.61 bits per heavy atom. The molecule has 0 aromatic heterocycles. The summed E-state index contributed by atoms with van der Waals surface area (Å²) < 4.78 is 36.0. The molecule has 5 nitrogen and oxygen atoms in total. The lowest BCUT2D eigenvalue weighted by atomic mass is 10.3. The maximum absolute atomic E-state index is 12.0. The third-order valence-corrected chi connectivity index (χ3v) is 3.48. The maximum atomic E-state index is 12.0. The Morgan fingerprint density at radius 1 is 1.50 bits per heavy atom. The van der Waals surface area contributed by atoms with Crippen molar-refractivity contribution in [3.63, 3.8) is 0 Å². The van der Waals surface area contributed by atoms with E-state index in [-0.39, 0.29) is 11.6 Å². The highest BCUT2D eigenvalue weighted by atomic mass is 32.2. The summed E-state index contributed by atoms with van der Waals surface area (Å²) in [5.74, 6) is -0.696. The number of aliphatic carboxylic acids is 1. The third kappa shape index (κ3) is 3.97. The van der Waals surface area contributed by atoms with E-state index in [2.05, 4.69) is 0 Å². The molecule has 0 unspecified atom stereocenters. The Bertz CT molecular complexity index is 338. The number of alkyl halides is 3. The number of amides is 2. The number of nitrogens with zero attached hydrogens (tertiary/aromatic N) is 2. The zero-order valence-corrected chi connectivity index (χ0v) is 10.4. The minimum Gasteiger partial charge on any atom is -0.480 e. The van der Waals surface area contributed by atoms with Gasteiger partial charge >= 0.3 is 18.2 Å². The molecule has 0 aromatic rings. The molecule has 1 rings (SSSR count). The van der Waals surface area contributed by atoms with Gasteiger partial charge in [-0.2, -0.15) is 13.2 Å². The molecule has 0 radical (unpaired) electrons. The first-order valence-electron chi connectivity index (χ1n) is 5.11. The Hall–Kier alpha value is -1.12. The van der Waals surface area contributed by atoms with Crippen LogP contribution < -0.4 is 0 Å². The first-order valence-corrected chi connectivity index (χ1v) is 6.27. The summed E-state index contributed by atoms with van der Waals surface area (Å²) in [5, 5.41) is 8.87. The summed E-state index contributed by atoms with van der Waals surface area (Å²) in [5.41, 5.74) is 0. The molecule has 1 aliphatic heterocycles. The van der Waals surface area contributed by atoms with Gasteiger partial charge < -0.3 is 14.9 Å². The highest BCUT2D eigenvalue weighted by Crippen LogP contribution is 2.23.